The minimum Gasteiger partial charge on any atom is -0.483 e. The van der Waals surface area contributed by atoms with Crippen LogP contribution in [0.15, 0.2) is 40.1 Å². The van der Waals surface area contributed by atoms with E-state index in [0.717, 1.165) is 45.8 Å². The second kappa shape index (κ2) is 9.72. The second-order valence-corrected chi connectivity index (χ2v) is 10.2. The number of aromatic nitrogens is 6. The Morgan fingerprint density at radius 3 is 2.69 bits per heavy atom. The summed E-state index contributed by atoms with van der Waals surface area (Å²) in [6, 6.07) is 8.95. The molecule has 3 heterocycles. The molecular formula is C21H26BrN7O2S. The Kier molecular flexibility index (Phi) is 6.96. The third kappa shape index (κ3) is 4.74. The topological polar surface area (TPSA) is 102 Å². The van der Waals surface area contributed by atoms with Gasteiger partial charge in [-0.2, -0.15) is 0 Å². The second-order valence-electron chi connectivity index (χ2n) is 8.25. The number of nitrogens with zero attached hydrogens (tertiary/aromatic N) is 7. The molecule has 0 spiro atoms. The minimum atomic E-state index is -0.250. The molecule has 1 saturated heterocycles. The maximum atomic E-state index is 8.36. The standard InChI is InChI=1S/C20H24BrN7S.CH2O2/c1-26-12-17(22-25-26)18-23-24-19(27(18)2)29-9-3-8-28-11-15-10-20(15,13-28)14-4-6-16(21)7-5-14;2-1-3/h4-7,12,15H,3,8-11,13H2,1-2H3;1H,(H,2,3)/t15-,20?;/m0./s1. The van der Waals surface area contributed by atoms with Crippen molar-refractivity contribution in [1.29, 1.82) is 0 Å². The van der Waals surface area contributed by atoms with Crippen LogP contribution in [0.2, 0.25) is 0 Å². The van der Waals surface area contributed by atoms with Gasteiger partial charge < -0.3 is 14.6 Å². The molecule has 2 fully saturated rings. The van der Waals surface area contributed by atoms with Gasteiger partial charge in [0, 0.05) is 42.8 Å². The van der Waals surface area contributed by atoms with Crippen LogP contribution in [-0.4, -0.2) is 71.6 Å². The molecule has 2 atom stereocenters. The number of thioether (sulfide) groups is 1. The number of hydrogen-bond donors (Lipinski definition) is 1. The highest BCUT2D eigenvalue weighted by molar-refractivity contribution is 9.10. The van der Waals surface area contributed by atoms with E-state index in [4.69, 9.17) is 9.90 Å². The Labute approximate surface area is 199 Å². The van der Waals surface area contributed by atoms with Gasteiger partial charge in [-0.3, -0.25) is 9.48 Å². The lowest BCUT2D eigenvalue weighted by Crippen LogP contribution is -2.27. The molecule has 2 aromatic heterocycles. The van der Waals surface area contributed by atoms with Crippen LogP contribution in [0.1, 0.15) is 18.4 Å². The molecule has 3 aromatic rings. The van der Waals surface area contributed by atoms with Gasteiger partial charge in [0.2, 0.25) is 0 Å². The van der Waals surface area contributed by atoms with E-state index in [9.17, 15) is 0 Å². The van der Waals surface area contributed by atoms with Crippen LogP contribution in [0.4, 0.5) is 0 Å². The van der Waals surface area contributed by atoms with Crippen LogP contribution in [0.3, 0.4) is 0 Å². The van der Waals surface area contributed by atoms with Gasteiger partial charge >= 0.3 is 0 Å². The maximum Gasteiger partial charge on any atom is 0.290 e. The summed E-state index contributed by atoms with van der Waals surface area (Å²) in [5.74, 6) is 2.64. The molecule has 1 N–H and O–H groups in total. The first-order valence-corrected chi connectivity index (χ1v) is 12.2. The summed E-state index contributed by atoms with van der Waals surface area (Å²) >= 11 is 5.31. The molecule has 1 unspecified atom stereocenters. The van der Waals surface area contributed by atoms with E-state index >= 15 is 0 Å². The van der Waals surface area contributed by atoms with Crippen LogP contribution < -0.4 is 0 Å². The molecule has 0 amide bonds. The maximum absolute atomic E-state index is 8.36. The van der Waals surface area contributed by atoms with Gasteiger partial charge in [0.05, 0.1) is 6.20 Å². The van der Waals surface area contributed by atoms with Crippen molar-refractivity contribution in [3.05, 3.63) is 40.5 Å². The lowest BCUT2D eigenvalue weighted by Gasteiger charge is -2.21. The number of hydrogen-bond acceptors (Lipinski definition) is 7. The minimum absolute atomic E-state index is 0.250. The number of likely N-dealkylation sites (tertiary alicyclic amines) is 1. The van der Waals surface area contributed by atoms with E-state index < -0.39 is 0 Å². The fourth-order valence-corrected chi connectivity index (χ4v) is 5.65. The van der Waals surface area contributed by atoms with Gasteiger partial charge in [-0.05, 0) is 43.0 Å². The number of benzene rings is 1. The quantitative estimate of drug-likeness (QED) is 0.288. The molecule has 5 rings (SSSR count). The Morgan fingerprint density at radius 1 is 1.25 bits per heavy atom. The number of aryl methyl sites for hydroxylation is 1. The Bertz CT molecular complexity index is 1070. The van der Waals surface area contributed by atoms with Crippen molar-refractivity contribution >= 4 is 34.2 Å². The van der Waals surface area contributed by atoms with E-state index in [1.54, 1.807) is 16.4 Å². The normalized spacial score (nSPS) is 21.7. The van der Waals surface area contributed by atoms with E-state index in [1.165, 1.54) is 25.1 Å². The summed E-state index contributed by atoms with van der Waals surface area (Å²) in [4.78, 5) is 11.0. The molecule has 11 heteroatoms. The summed E-state index contributed by atoms with van der Waals surface area (Å²) in [5.41, 5.74) is 2.69. The SMILES string of the molecule is Cn1cc(-c2nnc(SCCCN3C[C@@H]4CC4(c4ccc(Br)cc4)C3)n2C)nn1.O=CO. The molecule has 9 nitrogen and oxygen atoms in total. The largest absolute Gasteiger partial charge is 0.483 e. The summed E-state index contributed by atoms with van der Waals surface area (Å²) < 4.78 is 4.84. The molecule has 1 aliphatic carbocycles. The third-order valence-corrected chi connectivity index (χ3v) is 7.79. The summed E-state index contributed by atoms with van der Waals surface area (Å²) in [6.45, 7) is 3.34. The van der Waals surface area contributed by atoms with Crippen molar-refractivity contribution in [2.24, 2.45) is 20.0 Å². The zero-order chi connectivity index (χ0) is 22.7. The third-order valence-electron chi connectivity index (χ3n) is 6.15. The van der Waals surface area contributed by atoms with Crippen molar-refractivity contribution in [2.45, 2.75) is 23.4 Å². The van der Waals surface area contributed by atoms with Gasteiger partial charge in [0.15, 0.2) is 16.7 Å². The molecule has 0 bridgehead atoms. The van der Waals surface area contributed by atoms with Crippen LogP contribution in [0, 0.1) is 5.92 Å². The summed E-state index contributed by atoms with van der Waals surface area (Å²) in [6.07, 6.45) is 4.36. The van der Waals surface area contributed by atoms with Crippen LogP contribution in [-0.2, 0) is 24.3 Å². The fourth-order valence-electron chi connectivity index (χ4n) is 4.55. The number of carbonyl (C=O) groups is 1. The van der Waals surface area contributed by atoms with E-state index in [2.05, 4.69) is 65.6 Å². The highest BCUT2D eigenvalue weighted by Crippen LogP contribution is 2.59. The van der Waals surface area contributed by atoms with Crippen molar-refractivity contribution in [2.75, 3.05) is 25.4 Å². The number of carboxylic acid groups (broad SMARTS) is 1. The van der Waals surface area contributed by atoms with Crippen molar-refractivity contribution < 1.29 is 9.90 Å². The highest BCUT2D eigenvalue weighted by Gasteiger charge is 2.60. The smallest absolute Gasteiger partial charge is 0.290 e. The van der Waals surface area contributed by atoms with Crippen LogP contribution in [0.25, 0.3) is 11.5 Å². The van der Waals surface area contributed by atoms with E-state index in [1.807, 2.05) is 24.9 Å². The average molecular weight is 520 g/mol. The predicted molar refractivity (Wildman–Crippen MR) is 125 cm³/mol. The Morgan fingerprint density at radius 2 is 2.00 bits per heavy atom. The first-order valence-electron chi connectivity index (χ1n) is 10.4. The van der Waals surface area contributed by atoms with Crippen molar-refractivity contribution in [3.63, 3.8) is 0 Å². The molecule has 1 saturated carbocycles. The average Bonchev–Trinajstić information content (AvgIpc) is 3.08. The number of piperidine rings is 1. The number of halogens is 1. The first kappa shape index (κ1) is 22.9. The monoisotopic (exact) mass is 519 g/mol. The van der Waals surface area contributed by atoms with Gasteiger partial charge in [-0.1, -0.05) is 45.0 Å². The van der Waals surface area contributed by atoms with Gasteiger partial charge in [0.25, 0.3) is 6.47 Å². The number of rotatable bonds is 7. The Hall–Kier alpha value is -2.24. The van der Waals surface area contributed by atoms with Gasteiger partial charge in [0.1, 0.15) is 0 Å². The molecule has 32 heavy (non-hydrogen) atoms. The summed E-state index contributed by atoms with van der Waals surface area (Å²) in [7, 11) is 3.84. The van der Waals surface area contributed by atoms with E-state index in [-0.39, 0.29) is 6.47 Å². The molecule has 0 radical (unpaired) electrons. The van der Waals surface area contributed by atoms with Crippen molar-refractivity contribution in [1.82, 2.24) is 34.7 Å². The van der Waals surface area contributed by atoms with Gasteiger partial charge in [-0.15, -0.1) is 15.3 Å². The summed E-state index contributed by atoms with van der Waals surface area (Å²) in [5, 5.41) is 24.5. The highest BCUT2D eigenvalue weighted by atomic mass is 79.9. The zero-order valence-electron chi connectivity index (χ0n) is 18.1. The predicted octanol–water partition coefficient (Wildman–Crippen LogP) is 2.83. The molecular weight excluding hydrogens is 494 g/mol. The van der Waals surface area contributed by atoms with Crippen molar-refractivity contribution in [3.8, 4) is 11.5 Å². The van der Waals surface area contributed by atoms with Crippen LogP contribution >= 0.6 is 27.7 Å². The zero-order valence-corrected chi connectivity index (χ0v) is 20.5. The first-order chi connectivity index (χ1) is 15.5. The van der Waals surface area contributed by atoms with Crippen LogP contribution in [0.5, 0.6) is 0 Å². The molecule has 170 valence electrons. The lowest BCUT2D eigenvalue weighted by molar-refractivity contribution is -0.122. The molecule has 1 aromatic carbocycles. The Balaban J connectivity index is 0.000000775. The van der Waals surface area contributed by atoms with E-state index in [0.29, 0.717) is 5.41 Å². The number of fused-ring (bicyclic) bond motifs is 1. The van der Waals surface area contributed by atoms with Gasteiger partial charge in [-0.25, -0.2) is 0 Å². The molecule has 2 aliphatic rings. The fraction of sp³-hybridized carbons (Fsp3) is 0.476. The molecule has 1 aliphatic heterocycles. The lowest BCUT2D eigenvalue weighted by atomic mass is 9.95.